The van der Waals surface area contributed by atoms with Gasteiger partial charge in [-0.1, -0.05) is 20.8 Å². The molecule has 0 radical (unpaired) electrons. The number of likely N-dealkylation sites (tertiary alicyclic amines) is 1. The molecule has 2 saturated heterocycles. The predicted octanol–water partition coefficient (Wildman–Crippen LogP) is 3.28. The molecule has 18 heavy (non-hydrogen) atoms. The van der Waals surface area contributed by atoms with Crippen LogP contribution in [-0.4, -0.2) is 36.1 Å². The summed E-state index contributed by atoms with van der Waals surface area (Å²) < 4.78 is 0. The molecule has 0 aromatic heterocycles. The van der Waals surface area contributed by atoms with E-state index in [0.29, 0.717) is 16.4 Å². The average molecular weight is 252 g/mol. The van der Waals surface area contributed by atoms with Crippen molar-refractivity contribution in [2.45, 2.75) is 72.4 Å². The van der Waals surface area contributed by atoms with E-state index in [1.807, 2.05) is 0 Å². The van der Waals surface area contributed by atoms with E-state index in [0.717, 1.165) is 6.04 Å². The van der Waals surface area contributed by atoms with Crippen molar-refractivity contribution in [1.29, 1.82) is 0 Å². The van der Waals surface area contributed by atoms with Crippen LogP contribution in [0.25, 0.3) is 0 Å². The Kier molecular flexibility index (Phi) is 3.57. The molecule has 1 N–H and O–H groups in total. The molecule has 2 rings (SSSR count). The highest BCUT2D eigenvalue weighted by Crippen LogP contribution is 2.49. The molecule has 106 valence electrons. The van der Waals surface area contributed by atoms with Crippen LogP contribution in [0.2, 0.25) is 0 Å². The summed E-state index contributed by atoms with van der Waals surface area (Å²) in [6, 6.07) is 0.732. The predicted molar refractivity (Wildman–Crippen MR) is 78.9 cm³/mol. The van der Waals surface area contributed by atoms with E-state index in [1.54, 1.807) is 0 Å². The highest BCUT2D eigenvalue weighted by atomic mass is 15.3. The summed E-state index contributed by atoms with van der Waals surface area (Å²) in [6.45, 7) is 18.1. The molecule has 1 spiro atoms. The largest absolute Gasteiger partial charge is 0.317 e. The fraction of sp³-hybridized carbons (Fsp3) is 1.00. The molecular weight excluding hydrogens is 220 g/mol. The first kappa shape index (κ1) is 14.3. The summed E-state index contributed by atoms with van der Waals surface area (Å²) in [4.78, 5) is 2.79. The zero-order valence-electron chi connectivity index (χ0n) is 13.3. The quantitative estimate of drug-likeness (QED) is 0.712. The van der Waals surface area contributed by atoms with Crippen LogP contribution in [0.15, 0.2) is 0 Å². The SMILES string of the molecule is CC(C)(C)C1CC2(CCNCC2)CN1C(C)(C)C. The molecule has 1 unspecified atom stereocenters. The highest BCUT2D eigenvalue weighted by Gasteiger charge is 2.50. The molecular formula is C16H32N2. The van der Waals surface area contributed by atoms with Crippen LogP contribution in [0.3, 0.4) is 0 Å². The Morgan fingerprint density at radius 2 is 1.56 bits per heavy atom. The third-order valence-electron chi connectivity index (χ3n) is 5.03. The van der Waals surface area contributed by atoms with Crippen LogP contribution >= 0.6 is 0 Å². The van der Waals surface area contributed by atoms with Crippen molar-refractivity contribution in [2.75, 3.05) is 19.6 Å². The van der Waals surface area contributed by atoms with Crippen LogP contribution in [0.4, 0.5) is 0 Å². The van der Waals surface area contributed by atoms with E-state index in [9.17, 15) is 0 Å². The van der Waals surface area contributed by atoms with E-state index >= 15 is 0 Å². The topological polar surface area (TPSA) is 15.3 Å². The lowest BCUT2D eigenvalue weighted by Crippen LogP contribution is -2.50. The van der Waals surface area contributed by atoms with Crippen LogP contribution in [0.1, 0.15) is 60.8 Å². The van der Waals surface area contributed by atoms with Crippen LogP contribution in [0, 0.1) is 10.8 Å². The van der Waals surface area contributed by atoms with Gasteiger partial charge in [0.05, 0.1) is 0 Å². The summed E-state index contributed by atoms with van der Waals surface area (Å²) >= 11 is 0. The van der Waals surface area contributed by atoms with Gasteiger partial charge in [-0.25, -0.2) is 0 Å². The summed E-state index contributed by atoms with van der Waals surface area (Å²) in [5, 5.41) is 3.52. The Hall–Kier alpha value is -0.0800. The van der Waals surface area contributed by atoms with Crippen molar-refractivity contribution in [3.05, 3.63) is 0 Å². The normalized spacial score (nSPS) is 30.0. The van der Waals surface area contributed by atoms with Gasteiger partial charge in [-0.15, -0.1) is 0 Å². The first-order chi connectivity index (χ1) is 8.14. The number of hydrogen-bond donors (Lipinski definition) is 1. The van der Waals surface area contributed by atoms with Crippen LogP contribution in [-0.2, 0) is 0 Å². The fourth-order valence-corrected chi connectivity index (χ4v) is 3.85. The molecule has 0 bridgehead atoms. The number of nitrogens with one attached hydrogen (secondary N) is 1. The second-order valence-corrected chi connectivity index (χ2v) is 8.63. The minimum absolute atomic E-state index is 0.298. The molecule has 0 aromatic carbocycles. The molecule has 0 saturated carbocycles. The maximum atomic E-state index is 3.52. The van der Waals surface area contributed by atoms with Gasteiger partial charge in [-0.2, -0.15) is 0 Å². The lowest BCUT2D eigenvalue weighted by molar-refractivity contribution is 0.0545. The summed E-state index contributed by atoms with van der Waals surface area (Å²) in [5.74, 6) is 0. The van der Waals surface area contributed by atoms with Gasteiger partial charge in [0.15, 0.2) is 0 Å². The molecule has 0 aromatic rings. The molecule has 2 aliphatic rings. The van der Waals surface area contributed by atoms with Crippen molar-refractivity contribution in [3.63, 3.8) is 0 Å². The van der Waals surface area contributed by atoms with Crippen LogP contribution in [0.5, 0.6) is 0 Å². The zero-order valence-corrected chi connectivity index (χ0v) is 13.3. The molecule has 2 nitrogen and oxygen atoms in total. The zero-order chi connectivity index (χ0) is 13.6. The van der Waals surface area contributed by atoms with Gasteiger partial charge in [0.25, 0.3) is 0 Å². The number of nitrogens with zero attached hydrogens (tertiary/aromatic N) is 1. The van der Waals surface area contributed by atoms with Crippen molar-refractivity contribution in [2.24, 2.45) is 10.8 Å². The molecule has 2 aliphatic heterocycles. The average Bonchev–Trinajstić information content (AvgIpc) is 2.58. The van der Waals surface area contributed by atoms with E-state index < -0.39 is 0 Å². The highest BCUT2D eigenvalue weighted by molar-refractivity contribution is 5.04. The maximum Gasteiger partial charge on any atom is 0.0155 e. The Morgan fingerprint density at radius 1 is 1.00 bits per heavy atom. The van der Waals surface area contributed by atoms with Crippen LogP contribution < -0.4 is 5.32 Å². The van der Waals surface area contributed by atoms with Gasteiger partial charge >= 0.3 is 0 Å². The summed E-state index contributed by atoms with van der Waals surface area (Å²) in [7, 11) is 0. The first-order valence-corrected chi connectivity index (χ1v) is 7.62. The Balaban J connectivity index is 2.23. The second-order valence-electron chi connectivity index (χ2n) is 8.63. The van der Waals surface area contributed by atoms with Crippen molar-refractivity contribution < 1.29 is 0 Å². The maximum absolute atomic E-state index is 3.52. The third kappa shape index (κ3) is 2.75. The number of hydrogen-bond acceptors (Lipinski definition) is 2. The molecule has 1 atom stereocenters. The van der Waals surface area contributed by atoms with Gasteiger partial charge in [0.2, 0.25) is 0 Å². The minimum atomic E-state index is 0.298. The van der Waals surface area contributed by atoms with Gasteiger partial charge in [-0.05, 0) is 64.0 Å². The molecule has 2 fully saturated rings. The van der Waals surface area contributed by atoms with E-state index in [1.165, 1.54) is 38.9 Å². The van der Waals surface area contributed by atoms with Gasteiger partial charge in [-0.3, -0.25) is 4.90 Å². The number of piperidine rings is 1. The standard InChI is InChI=1S/C16H32N2/c1-14(2,3)13-11-16(7-9-17-10-8-16)12-18(13)15(4,5)6/h13,17H,7-12H2,1-6H3. The Bertz CT molecular complexity index is 265. The Labute approximate surface area is 114 Å². The summed E-state index contributed by atoms with van der Waals surface area (Å²) in [5.41, 5.74) is 1.28. The van der Waals surface area contributed by atoms with Gasteiger partial charge < -0.3 is 5.32 Å². The van der Waals surface area contributed by atoms with E-state index in [2.05, 4.69) is 51.8 Å². The van der Waals surface area contributed by atoms with Crippen molar-refractivity contribution >= 4 is 0 Å². The monoisotopic (exact) mass is 252 g/mol. The third-order valence-corrected chi connectivity index (χ3v) is 5.03. The lowest BCUT2D eigenvalue weighted by Gasteiger charge is -2.43. The molecule has 0 amide bonds. The van der Waals surface area contributed by atoms with E-state index in [4.69, 9.17) is 0 Å². The van der Waals surface area contributed by atoms with Crippen molar-refractivity contribution in [1.82, 2.24) is 10.2 Å². The second kappa shape index (κ2) is 4.49. The first-order valence-electron chi connectivity index (χ1n) is 7.62. The molecule has 0 aliphatic carbocycles. The fourth-order valence-electron chi connectivity index (χ4n) is 3.85. The minimum Gasteiger partial charge on any atom is -0.317 e. The number of rotatable bonds is 0. The smallest absolute Gasteiger partial charge is 0.0155 e. The Morgan fingerprint density at radius 3 is 1.94 bits per heavy atom. The van der Waals surface area contributed by atoms with Crippen molar-refractivity contribution in [3.8, 4) is 0 Å². The molecule has 2 heterocycles. The van der Waals surface area contributed by atoms with E-state index in [-0.39, 0.29) is 0 Å². The van der Waals surface area contributed by atoms with Gasteiger partial charge in [0, 0.05) is 18.1 Å². The molecule has 2 heteroatoms. The lowest BCUT2D eigenvalue weighted by atomic mass is 9.73. The van der Waals surface area contributed by atoms with Gasteiger partial charge in [0.1, 0.15) is 0 Å². The summed E-state index contributed by atoms with van der Waals surface area (Å²) in [6.07, 6.45) is 4.13.